The molecule has 5 rings (SSSR count). The Hall–Kier alpha value is -4.06. The summed E-state index contributed by atoms with van der Waals surface area (Å²) in [6.45, 7) is 2.31. The van der Waals surface area contributed by atoms with Gasteiger partial charge in [-0.3, -0.25) is 9.89 Å². The minimum atomic E-state index is -0.0386. The molecule has 3 aromatic rings. The molecule has 0 fully saturated rings. The molecule has 3 heterocycles. The maximum atomic E-state index is 12.3. The fraction of sp³-hybridized carbons (Fsp3) is 0.0833. The monoisotopic (exact) mass is 393 g/mol. The van der Waals surface area contributed by atoms with Crippen LogP contribution in [-0.4, -0.2) is 30.5 Å². The number of hydrogen-bond acceptors (Lipinski definition) is 4. The van der Waals surface area contributed by atoms with E-state index >= 15 is 0 Å². The molecule has 0 atom stereocenters. The molecule has 0 saturated heterocycles. The van der Waals surface area contributed by atoms with Gasteiger partial charge in [-0.25, -0.2) is 9.97 Å². The van der Waals surface area contributed by atoms with E-state index in [0.29, 0.717) is 11.5 Å². The summed E-state index contributed by atoms with van der Waals surface area (Å²) < 4.78 is 1.81. The Labute approximate surface area is 173 Å². The van der Waals surface area contributed by atoms with Crippen molar-refractivity contribution >= 4 is 5.78 Å². The average Bonchev–Trinajstić information content (AvgIpc) is 3.44. The number of imidazole rings is 1. The molecular weight excluding hydrogens is 374 g/mol. The van der Waals surface area contributed by atoms with Crippen molar-refractivity contribution in [3.05, 3.63) is 90.5 Å². The largest absolute Gasteiger partial charge is 0.344 e. The van der Waals surface area contributed by atoms with Gasteiger partial charge in [-0.15, -0.1) is 0 Å². The molecule has 0 spiro atoms. The first kappa shape index (κ1) is 18.0. The molecule has 2 aromatic carbocycles. The number of Topliss-reactive ketones (excluding diaryl/α,β-unsaturated/α-hetero) is 1. The topological polar surface area (TPSA) is 76.5 Å². The minimum Gasteiger partial charge on any atom is -0.344 e. The highest BCUT2D eigenvalue weighted by Crippen LogP contribution is 2.27. The van der Waals surface area contributed by atoms with Crippen molar-refractivity contribution in [2.75, 3.05) is 0 Å². The van der Waals surface area contributed by atoms with Gasteiger partial charge in [0.25, 0.3) is 0 Å². The zero-order valence-corrected chi connectivity index (χ0v) is 16.4. The number of benzene rings is 2. The van der Waals surface area contributed by atoms with Crippen molar-refractivity contribution < 1.29 is 4.79 Å². The first-order chi connectivity index (χ1) is 14.7. The molecule has 30 heavy (non-hydrogen) atoms. The summed E-state index contributed by atoms with van der Waals surface area (Å²) in [6.07, 6.45) is 5.26. The highest BCUT2D eigenvalue weighted by atomic mass is 16.1. The Morgan fingerprint density at radius 1 is 0.933 bits per heavy atom. The van der Waals surface area contributed by atoms with Gasteiger partial charge in [0.2, 0.25) is 0 Å². The molecule has 2 aliphatic rings. The minimum absolute atomic E-state index is 0.0386. The average molecular weight is 393 g/mol. The lowest BCUT2D eigenvalue weighted by atomic mass is 10.0. The van der Waals surface area contributed by atoms with Crippen LogP contribution in [0, 0.1) is 6.92 Å². The van der Waals surface area contributed by atoms with Crippen molar-refractivity contribution in [1.29, 1.82) is 0 Å². The Morgan fingerprint density at radius 3 is 2.50 bits per heavy atom. The normalized spacial score (nSPS) is 11.1. The Bertz CT molecular complexity index is 1290. The molecule has 0 unspecified atom stereocenters. The lowest BCUT2D eigenvalue weighted by molar-refractivity contribution is 0.0967. The lowest BCUT2D eigenvalue weighted by Gasteiger charge is -2.06. The fourth-order valence-electron chi connectivity index (χ4n) is 3.48. The predicted octanol–water partition coefficient (Wildman–Crippen LogP) is 4.63. The number of fused-ring (bicyclic) bond motifs is 1. The Balaban J connectivity index is 1.40. The molecule has 146 valence electrons. The Morgan fingerprint density at radius 2 is 1.73 bits per heavy atom. The van der Waals surface area contributed by atoms with Crippen LogP contribution in [0.4, 0.5) is 0 Å². The number of carbonyl (C=O) groups excluding carboxylic acids is 1. The molecule has 2 aliphatic heterocycles. The number of aryl methyl sites for hydroxylation is 1. The van der Waals surface area contributed by atoms with Gasteiger partial charge < -0.3 is 4.57 Å². The summed E-state index contributed by atoms with van der Waals surface area (Å²) in [6, 6.07) is 20.3. The summed E-state index contributed by atoms with van der Waals surface area (Å²) in [4.78, 5) is 21.6. The molecule has 0 radical (unpaired) electrons. The lowest BCUT2D eigenvalue weighted by Crippen LogP contribution is -2.11. The molecule has 1 aromatic heterocycles. The van der Waals surface area contributed by atoms with Crippen LogP contribution in [0.3, 0.4) is 0 Å². The molecule has 0 aliphatic carbocycles. The van der Waals surface area contributed by atoms with Gasteiger partial charge in [-0.05, 0) is 30.2 Å². The van der Waals surface area contributed by atoms with E-state index in [1.165, 1.54) is 11.1 Å². The van der Waals surface area contributed by atoms with Crippen LogP contribution < -0.4 is 0 Å². The quantitative estimate of drug-likeness (QED) is 0.442. The van der Waals surface area contributed by atoms with E-state index in [4.69, 9.17) is 0 Å². The molecule has 6 nitrogen and oxygen atoms in total. The van der Waals surface area contributed by atoms with Crippen molar-refractivity contribution in [2.24, 2.45) is 0 Å². The van der Waals surface area contributed by atoms with Gasteiger partial charge >= 0.3 is 0 Å². The van der Waals surface area contributed by atoms with E-state index in [1.807, 2.05) is 35.2 Å². The van der Waals surface area contributed by atoms with Crippen LogP contribution in [0.25, 0.3) is 33.9 Å². The van der Waals surface area contributed by atoms with Crippen LogP contribution in [0.15, 0.2) is 79.3 Å². The highest BCUT2D eigenvalue weighted by Gasteiger charge is 2.14. The number of nitrogens with zero attached hydrogens (tertiary/aromatic N) is 4. The number of nitrogens with one attached hydrogen (secondary N) is 1. The van der Waals surface area contributed by atoms with Gasteiger partial charge in [0.05, 0.1) is 12.2 Å². The third-order valence-electron chi connectivity index (χ3n) is 5.05. The first-order valence-electron chi connectivity index (χ1n) is 9.69. The van der Waals surface area contributed by atoms with Crippen LogP contribution in [-0.2, 0) is 6.54 Å². The van der Waals surface area contributed by atoms with Gasteiger partial charge in [0, 0.05) is 24.2 Å². The number of H-pyrrole nitrogens is 1. The summed E-state index contributed by atoms with van der Waals surface area (Å²) in [5.41, 5.74) is 6.60. The number of rotatable bonds is 5. The number of pyridine rings is 1. The second kappa shape index (κ2) is 7.40. The molecule has 1 N–H and O–H groups in total. The van der Waals surface area contributed by atoms with Crippen LogP contribution in [0.1, 0.15) is 16.1 Å². The SMILES string of the molecule is Cc1cccc(-c2ccc(-c3nc4ccn(CC(=O)c5ccn[nH]5)cc-4n3)cc2)c1. The van der Waals surface area contributed by atoms with Crippen molar-refractivity contribution in [1.82, 2.24) is 24.7 Å². The van der Waals surface area contributed by atoms with Crippen LogP contribution in [0.2, 0.25) is 0 Å². The summed E-state index contributed by atoms with van der Waals surface area (Å²) >= 11 is 0. The standard InChI is InChI=1S/C24H19N5O/c1-16-3-2-4-19(13-16)17-5-7-18(8-6-17)24-26-20-10-12-29(14-22(20)27-24)15-23(30)21-9-11-25-28-21/h2-14H,15H2,1H3,(H,25,28). The smallest absolute Gasteiger partial charge is 0.200 e. The number of carbonyl (C=O) groups is 1. The number of aromatic nitrogens is 5. The van der Waals surface area contributed by atoms with Crippen molar-refractivity contribution in [3.8, 4) is 33.9 Å². The van der Waals surface area contributed by atoms with Crippen LogP contribution in [0.5, 0.6) is 0 Å². The predicted molar refractivity (Wildman–Crippen MR) is 115 cm³/mol. The molecule has 6 heteroatoms. The molecule has 0 saturated carbocycles. The van der Waals surface area contributed by atoms with Crippen molar-refractivity contribution in [3.63, 3.8) is 0 Å². The van der Waals surface area contributed by atoms with E-state index in [9.17, 15) is 4.79 Å². The van der Waals surface area contributed by atoms with Gasteiger partial charge in [0.1, 0.15) is 11.4 Å². The second-order valence-corrected chi connectivity index (χ2v) is 7.28. The number of ketones is 1. The third-order valence-corrected chi connectivity index (χ3v) is 5.05. The highest BCUT2D eigenvalue weighted by molar-refractivity contribution is 5.93. The maximum absolute atomic E-state index is 12.3. The zero-order valence-electron chi connectivity index (χ0n) is 16.4. The summed E-state index contributed by atoms with van der Waals surface area (Å²) in [5, 5.41) is 6.52. The Kier molecular flexibility index (Phi) is 4.44. The summed E-state index contributed by atoms with van der Waals surface area (Å²) in [5.74, 6) is 0.641. The second-order valence-electron chi connectivity index (χ2n) is 7.28. The van der Waals surface area contributed by atoms with E-state index in [2.05, 4.69) is 63.5 Å². The maximum Gasteiger partial charge on any atom is 0.200 e. The van der Waals surface area contributed by atoms with Gasteiger partial charge in [-0.1, -0.05) is 54.1 Å². The number of aromatic amines is 1. The third kappa shape index (κ3) is 3.51. The zero-order chi connectivity index (χ0) is 20.5. The van der Waals surface area contributed by atoms with E-state index in [1.54, 1.807) is 12.3 Å². The van der Waals surface area contributed by atoms with Crippen molar-refractivity contribution in [2.45, 2.75) is 13.5 Å². The molecule has 0 amide bonds. The molecular formula is C24H19N5O. The van der Waals surface area contributed by atoms with E-state index < -0.39 is 0 Å². The first-order valence-corrected chi connectivity index (χ1v) is 9.69. The molecule has 0 bridgehead atoms. The van der Waals surface area contributed by atoms with Crippen LogP contribution >= 0.6 is 0 Å². The van der Waals surface area contributed by atoms with E-state index in [0.717, 1.165) is 22.5 Å². The van der Waals surface area contributed by atoms with Gasteiger partial charge in [0.15, 0.2) is 11.6 Å². The van der Waals surface area contributed by atoms with Gasteiger partial charge in [-0.2, -0.15) is 5.10 Å². The summed E-state index contributed by atoms with van der Waals surface area (Å²) in [7, 11) is 0. The number of hydrogen-bond donors (Lipinski definition) is 1. The fourth-order valence-corrected chi connectivity index (χ4v) is 3.48. The van der Waals surface area contributed by atoms with E-state index in [-0.39, 0.29) is 12.3 Å².